The molecule has 3 heteroatoms. The Morgan fingerprint density at radius 3 is 2.74 bits per heavy atom. The van der Waals surface area contributed by atoms with E-state index in [4.69, 9.17) is 0 Å². The molecule has 0 atom stereocenters. The first-order valence-corrected chi connectivity index (χ1v) is 7.02. The van der Waals surface area contributed by atoms with Gasteiger partial charge in [0.25, 0.3) is 0 Å². The van der Waals surface area contributed by atoms with Crippen molar-refractivity contribution in [3.8, 4) is 0 Å². The number of nitrogens with one attached hydrogen (secondary N) is 1. The molecule has 0 fully saturated rings. The third kappa shape index (κ3) is 3.24. The lowest BCUT2D eigenvalue weighted by Gasteiger charge is -2.26. The van der Waals surface area contributed by atoms with Crippen LogP contribution < -0.4 is 10.2 Å². The van der Waals surface area contributed by atoms with Gasteiger partial charge in [0.15, 0.2) is 0 Å². The van der Waals surface area contributed by atoms with Crippen molar-refractivity contribution in [1.29, 1.82) is 0 Å². The van der Waals surface area contributed by atoms with Crippen molar-refractivity contribution in [2.75, 3.05) is 31.6 Å². The molecule has 0 spiro atoms. The summed E-state index contributed by atoms with van der Waals surface area (Å²) in [6, 6.07) is 10.6. The Morgan fingerprint density at radius 1 is 1.21 bits per heavy atom. The van der Waals surface area contributed by atoms with E-state index in [-0.39, 0.29) is 0 Å². The van der Waals surface area contributed by atoms with Gasteiger partial charge in [-0.15, -0.1) is 0 Å². The summed E-state index contributed by atoms with van der Waals surface area (Å²) in [6.45, 7) is 7.39. The second-order valence-electron chi connectivity index (χ2n) is 4.89. The largest absolute Gasteiger partial charge is 0.370 e. The van der Waals surface area contributed by atoms with Crippen LogP contribution in [0.15, 0.2) is 30.3 Å². The fourth-order valence-electron chi connectivity index (χ4n) is 2.42. The quantitative estimate of drug-likeness (QED) is 0.862. The lowest BCUT2D eigenvalue weighted by molar-refractivity contribution is 0.711. The first-order valence-electron chi connectivity index (χ1n) is 7.02. The number of nitrogens with zero attached hydrogens (tertiary/aromatic N) is 2. The minimum absolute atomic E-state index is 0.996. The van der Waals surface area contributed by atoms with E-state index in [1.54, 1.807) is 0 Å². The van der Waals surface area contributed by atoms with Crippen LogP contribution in [0.5, 0.6) is 0 Å². The number of likely N-dealkylation sites (N-methyl/N-ethyl adjacent to an activating group) is 1. The molecule has 0 saturated carbocycles. The molecule has 0 aliphatic carbocycles. The van der Waals surface area contributed by atoms with Gasteiger partial charge >= 0.3 is 0 Å². The Bertz CT molecular complexity index is 537. The first-order chi connectivity index (χ1) is 9.26. The van der Waals surface area contributed by atoms with Crippen molar-refractivity contribution in [2.24, 2.45) is 0 Å². The number of aryl methyl sites for hydroxylation is 1. The number of fused-ring (bicyclic) bond motifs is 1. The first kappa shape index (κ1) is 13.8. The molecule has 1 aromatic carbocycles. The highest BCUT2D eigenvalue weighted by molar-refractivity contribution is 5.91. The van der Waals surface area contributed by atoms with Gasteiger partial charge in [0.05, 0.1) is 5.52 Å². The van der Waals surface area contributed by atoms with Gasteiger partial charge in [-0.3, -0.25) is 4.98 Å². The average Bonchev–Trinajstić information content (AvgIpc) is 2.42. The van der Waals surface area contributed by atoms with Crippen LogP contribution in [0.4, 0.5) is 5.69 Å². The van der Waals surface area contributed by atoms with Gasteiger partial charge in [0.2, 0.25) is 0 Å². The molecule has 2 rings (SSSR count). The Hall–Kier alpha value is -1.61. The zero-order valence-electron chi connectivity index (χ0n) is 12.1. The third-order valence-corrected chi connectivity index (χ3v) is 3.29. The van der Waals surface area contributed by atoms with E-state index in [9.17, 15) is 0 Å². The van der Waals surface area contributed by atoms with Crippen LogP contribution >= 0.6 is 0 Å². The summed E-state index contributed by atoms with van der Waals surface area (Å²) in [6.07, 6.45) is 1.15. The van der Waals surface area contributed by atoms with Crippen LogP contribution in [0.3, 0.4) is 0 Å². The number of anilines is 1. The van der Waals surface area contributed by atoms with Gasteiger partial charge in [0.1, 0.15) is 0 Å². The van der Waals surface area contributed by atoms with E-state index >= 15 is 0 Å². The van der Waals surface area contributed by atoms with Crippen LogP contribution in [-0.2, 0) is 0 Å². The maximum absolute atomic E-state index is 4.62. The van der Waals surface area contributed by atoms with Crippen molar-refractivity contribution in [3.05, 3.63) is 36.0 Å². The van der Waals surface area contributed by atoms with Gasteiger partial charge in [-0.25, -0.2) is 0 Å². The summed E-state index contributed by atoms with van der Waals surface area (Å²) < 4.78 is 0. The highest BCUT2D eigenvalue weighted by atomic mass is 15.1. The molecule has 0 saturated heterocycles. The van der Waals surface area contributed by atoms with Gasteiger partial charge in [-0.2, -0.15) is 0 Å². The average molecular weight is 257 g/mol. The van der Waals surface area contributed by atoms with Gasteiger partial charge in [-0.1, -0.05) is 25.1 Å². The summed E-state index contributed by atoms with van der Waals surface area (Å²) in [7, 11) is 2.00. The second kappa shape index (κ2) is 6.53. The number of hydrogen-bond acceptors (Lipinski definition) is 3. The summed E-state index contributed by atoms with van der Waals surface area (Å²) in [5.74, 6) is 0. The zero-order chi connectivity index (χ0) is 13.7. The predicted molar refractivity (Wildman–Crippen MR) is 82.9 cm³/mol. The van der Waals surface area contributed by atoms with Gasteiger partial charge < -0.3 is 10.2 Å². The summed E-state index contributed by atoms with van der Waals surface area (Å²) >= 11 is 0. The molecular weight excluding hydrogens is 234 g/mol. The van der Waals surface area contributed by atoms with E-state index in [0.717, 1.165) is 37.3 Å². The molecule has 102 valence electrons. The molecule has 19 heavy (non-hydrogen) atoms. The molecule has 0 aliphatic heterocycles. The van der Waals surface area contributed by atoms with Crippen molar-refractivity contribution >= 4 is 16.6 Å². The van der Waals surface area contributed by atoms with E-state index in [1.165, 1.54) is 11.1 Å². The Labute approximate surface area is 115 Å². The smallest absolute Gasteiger partial charge is 0.0726 e. The molecule has 0 aliphatic rings. The van der Waals surface area contributed by atoms with Gasteiger partial charge in [0, 0.05) is 36.4 Å². The van der Waals surface area contributed by atoms with Crippen molar-refractivity contribution < 1.29 is 0 Å². The maximum atomic E-state index is 4.62. The number of hydrogen-bond donors (Lipinski definition) is 1. The third-order valence-electron chi connectivity index (χ3n) is 3.29. The lowest BCUT2D eigenvalue weighted by atomic mass is 10.1. The molecule has 3 nitrogen and oxygen atoms in total. The second-order valence-corrected chi connectivity index (χ2v) is 4.89. The molecule has 1 aromatic heterocycles. The highest BCUT2D eigenvalue weighted by Gasteiger charge is 2.10. The molecule has 0 amide bonds. The molecule has 0 unspecified atom stereocenters. The molecule has 0 radical (unpaired) electrons. The van der Waals surface area contributed by atoms with E-state index in [2.05, 4.69) is 59.4 Å². The van der Waals surface area contributed by atoms with Crippen molar-refractivity contribution in [1.82, 2.24) is 10.3 Å². The monoisotopic (exact) mass is 257 g/mol. The molecule has 2 aromatic rings. The zero-order valence-corrected chi connectivity index (χ0v) is 12.1. The van der Waals surface area contributed by atoms with E-state index < -0.39 is 0 Å². The SMILES string of the molecule is CCCN(CCNC)c1cc(C)nc2ccccc12. The summed E-state index contributed by atoms with van der Waals surface area (Å²) in [5.41, 5.74) is 3.47. The Kier molecular flexibility index (Phi) is 4.74. The van der Waals surface area contributed by atoms with Crippen LogP contribution in [0.2, 0.25) is 0 Å². The number of para-hydroxylation sites is 1. The molecule has 0 bridgehead atoms. The molecular formula is C16H23N3. The molecule has 1 N–H and O–H groups in total. The van der Waals surface area contributed by atoms with Gasteiger partial charge in [-0.05, 0) is 32.5 Å². The minimum atomic E-state index is 0.996. The lowest BCUT2D eigenvalue weighted by Crippen LogP contribution is -2.31. The normalized spacial score (nSPS) is 10.9. The number of aromatic nitrogens is 1. The van der Waals surface area contributed by atoms with Crippen molar-refractivity contribution in [2.45, 2.75) is 20.3 Å². The van der Waals surface area contributed by atoms with E-state index in [1.807, 2.05) is 7.05 Å². The summed E-state index contributed by atoms with van der Waals surface area (Å²) in [5, 5.41) is 4.48. The molecule has 1 heterocycles. The number of rotatable bonds is 6. The van der Waals surface area contributed by atoms with E-state index in [0.29, 0.717) is 0 Å². The Morgan fingerprint density at radius 2 is 2.00 bits per heavy atom. The standard InChI is InChI=1S/C16H23N3/c1-4-10-19(11-9-17-3)16-12-13(2)18-15-8-6-5-7-14(15)16/h5-8,12,17H,4,9-11H2,1-3H3. The summed E-state index contributed by atoms with van der Waals surface area (Å²) in [4.78, 5) is 7.07. The maximum Gasteiger partial charge on any atom is 0.0726 e. The number of benzene rings is 1. The van der Waals surface area contributed by atoms with Crippen molar-refractivity contribution in [3.63, 3.8) is 0 Å². The fourth-order valence-corrected chi connectivity index (χ4v) is 2.42. The van der Waals surface area contributed by atoms with Crippen LogP contribution in [0, 0.1) is 6.92 Å². The minimum Gasteiger partial charge on any atom is -0.370 e. The predicted octanol–water partition coefficient (Wildman–Crippen LogP) is 2.98. The van der Waals surface area contributed by atoms with Crippen LogP contribution in [0.1, 0.15) is 19.0 Å². The van der Waals surface area contributed by atoms with Crippen LogP contribution in [-0.4, -0.2) is 31.7 Å². The Balaban J connectivity index is 2.45. The number of pyridine rings is 1. The topological polar surface area (TPSA) is 28.2 Å². The fraction of sp³-hybridized carbons (Fsp3) is 0.438. The van der Waals surface area contributed by atoms with Crippen LogP contribution in [0.25, 0.3) is 10.9 Å². The highest BCUT2D eigenvalue weighted by Crippen LogP contribution is 2.26.